The van der Waals surface area contributed by atoms with Gasteiger partial charge in [0, 0.05) is 13.1 Å². The van der Waals surface area contributed by atoms with Crippen molar-refractivity contribution in [3.05, 3.63) is 34.9 Å². The lowest BCUT2D eigenvalue weighted by molar-refractivity contribution is 0.270. The first-order chi connectivity index (χ1) is 10.9. The summed E-state index contributed by atoms with van der Waals surface area (Å²) in [4.78, 5) is 2.10. The van der Waals surface area contributed by atoms with Crippen LogP contribution in [0.3, 0.4) is 0 Å². The topological polar surface area (TPSA) is 23.5 Å². The molecule has 0 amide bonds. The number of thioether (sulfide) groups is 1. The van der Waals surface area contributed by atoms with Crippen LogP contribution in [0, 0.1) is 0 Å². The van der Waals surface area contributed by atoms with E-state index in [1.54, 1.807) is 0 Å². The second-order valence-corrected chi connectivity index (χ2v) is 9.97. The van der Waals surface area contributed by atoms with Crippen molar-refractivity contribution in [1.29, 1.82) is 0 Å². The number of aliphatic hydroxyl groups excluding tert-OH is 1. The van der Waals surface area contributed by atoms with Gasteiger partial charge in [0.1, 0.15) is 9.76 Å². The number of benzene rings is 1. The summed E-state index contributed by atoms with van der Waals surface area (Å²) in [7, 11) is 0. The Balaban J connectivity index is 3.20. The highest BCUT2D eigenvalue weighted by molar-refractivity contribution is 8.22. The van der Waals surface area contributed by atoms with E-state index in [1.807, 2.05) is 0 Å². The van der Waals surface area contributed by atoms with E-state index in [0.717, 1.165) is 23.0 Å². The molecule has 0 aromatic heterocycles. The highest BCUT2D eigenvalue weighted by Gasteiger charge is 2.23. The van der Waals surface area contributed by atoms with E-state index in [2.05, 4.69) is 78.5 Å². The van der Waals surface area contributed by atoms with Gasteiger partial charge < -0.3 is 10.0 Å². The highest BCUT2D eigenvalue weighted by atomic mass is 32.2. The summed E-state index contributed by atoms with van der Waals surface area (Å²) in [5, 5.41) is 10.8. The minimum absolute atomic E-state index is 0.0414. The van der Waals surface area contributed by atoms with Gasteiger partial charge in [-0.05, 0) is 41.4 Å². The minimum atomic E-state index is -0.638. The molecule has 4 heteroatoms. The van der Waals surface area contributed by atoms with E-state index in [0.29, 0.717) is 0 Å². The zero-order valence-corrected chi connectivity index (χ0v) is 18.1. The van der Waals surface area contributed by atoms with Crippen LogP contribution in [0.15, 0.2) is 18.2 Å². The van der Waals surface area contributed by atoms with E-state index in [1.165, 1.54) is 22.9 Å². The maximum atomic E-state index is 10.8. The molecular formula is C20H33NOS2. The summed E-state index contributed by atoms with van der Waals surface area (Å²) in [6, 6.07) is 6.51. The maximum absolute atomic E-state index is 10.8. The number of hydrogen-bond acceptors (Lipinski definition) is 3. The zero-order chi connectivity index (χ0) is 18.7. The Morgan fingerprint density at radius 3 is 1.75 bits per heavy atom. The molecule has 0 heterocycles. The first-order valence-electron chi connectivity index (χ1n) is 8.69. The third kappa shape index (κ3) is 5.75. The summed E-state index contributed by atoms with van der Waals surface area (Å²) in [5.41, 5.74) is 2.88. The summed E-state index contributed by atoms with van der Waals surface area (Å²) < 4.78 is 0.756. The molecule has 0 aliphatic rings. The number of aliphatic hydroxyl groups is 1. The molecule has 0 saturated heterocycles. The van der Waals surface area contributed by atoms with Crippen molar-refractivity contribution < 1.29 is 5.11 Å². The summed E-state index contributed by atoms with van der Waals surface area (Å²) in [6.45, 7) is 19.1. The average molecular weight is 368 g/mol. The van der Waals surface area contributed by atoms with E-state index in [4.69, 9.17) is 12.2 Å². The van der Waals surface area contributed by atoms with Crippen LogP contribution < -0.4 is 0 Å². The molecule has 136 valence electrons. The van der Waals surface area contributed by atoms with Gasteiger partial charge in [-0.2, -0.15) is 0 Å². The zero-order valence-electron chi connectivity index (χ0n) is 16.4. The van der Waals surface area contributed by atoms with Gasteiger partial charge in [-0.25, -0.2) is 0 Å². The monoisotopic (exact) mass is 367 g/mol. The van der Waals surface area contributed by atoms with E-state index in [9.17, 15) is 5.11 Å². The van der Waals surface area contributed by atoms with Crippen molar-refractivity contribution in [3.63, 3.8) is 0 Å². The molecular weight excluding hydrogens is 334 g/mol. The molecule has 1 rings (SSSR count). The average Bonchev–Trinajstić information content (AvgIpc) is 2.46. The van der Waals surface area contributed by atoms with E-state index < -0.39 is 5.44 Å². The Morgan fingerprint density at radius 1 is 1.00 bits per heavy atom. The molecule has 2 nitrogen and oxygen atoms in total. The van der Waals surface area contributed by atoms with Crippen LogP contribution in [0.4, 0.5) is 0 Å². The first kappa shape index (κ1) is 21.5. The second-order valence-electron chi connectivity index (χ2n) is 8.25. The van der Waals surface area contributed by atoms with Crippen molar-refractivity contribution >= 4 is 28.3 Å². The Labute approximate surface area is 158 Å². The number of nitrogens with zero attached hydrogens (tertiary/aromatic N) is 1. The molecule has 0 aliphatic carbocycles. The van der Waals surface area contributed by atoms with Crippen LogP contribution in [-0.4, -0.2) is 27.4 Å². The van der Waals surface area contributed by atoms with Crippen LogP contribution in [0.5, 0.6) is 0 Å². The van der Waals surface area contributed by atoms with Gasteiger partial charge in [-0.3, -0.25) is 0 Å². The molecule has 0 spiro atoms. The maximum Gasteiger partial charge on any atom is 0.139 e. The van der Waals surface area contributed by atoms with Crippen LogP contribution in [0.2, 0.25) is 0 Å². The quantitative estimate of drug-likeness (QED) is 0.550. The van der Waals surface area contributed by atoms with Gasteiger partial charge in [-0.1, -0.05) is 83.7 Å². The fourth-order valence-electron chi connectivity index (χ4n) is 2.38. The third-order valence-corrected chi connectivity index (χ3v) is 5.71. The smallest absolute Gasteiger partial charge is 0.139 e. The van der Waals surface area contributed by atoms with Crippen molar-refractivity contribution in [2.45, 2.75) is 71.7 Å². The molecule has 1 unspecified atom stereocenters. The summed E-state index contributed by atoms with van der Waals surface area (Å²) in [6.07, 6.45) is 0. The fourth-order valence-corrected chi connectivity index (χ4v) is 3.78. The summed E-state index contributed by atoms with van der Waals surface area (Å²) >= 11 is 6.85. The van der Waals surface area contributed by atoms with Gasteiger partial charge >= 0.3 is 0 Å². The van der Waals surface area contributed by atoms with Crippen LogP contribution in [0.25, 0.3) is 0 Å². The minimum Gasteiger partial charge on any atom is -0.378 e. The predicted molar refractivity (Wildman–Crippen MR) is 112 cm³/mol. The molecule has 0 saturated carbocycles. The van der Waals surface area contributed by atoms with Crippen molar-refractivity contribution in [2.75, 3.05) is 13.1 Å². The highest BCUT2D eigenvalue weighted by Crippen LogP contribution is 2.35. The second kappa shape index (κ2) is 8.20. The molecule has 0 radical (unpaired) electrons. The Kier molecular flexibility index (Phi) is 7.33. The molecule has 0 aliphatic heterocycles. The molecule has 0 fully saturated rings. The molecule has 1 atom stereocenters. The lowest BCUT2D eigenvalue weighted by Crippen LogP contribution is -2.27. The molecule has 1 aromatic carbocycles. The Hall–Kier alpha value is -0.580. The standard InChI is InChI=1S/C20H33NOS2/c1-9-21(10-2)18(23)24-17(22)14-11-15(19(3,4)5)13-16(12-14)20(6,7)8/h11-13,17,22H,9-10H2,1-8H3. The Bertz CT molecular complexity index is 534. The molecule has 1 N–H and O–H groups in total. The van der Waals surface area contributed by atoms with Gasteiger partial charge in [0.05, 0.1) is 0 Å². The molecule has 1 aromatic rings. The molecule has 0 bridgehead atoms. The largest absolute Gasteiger partial charge is 0.378 e. The van der Waals surface area contributed by atoms with Gasteiger partial charge in [-0.15, -0.1) is 0 Å². The van der Waals surface area contributed by atoms with E-state index >= 15 is 0 Å². The lowest BCUT2D eigenvalue weighted by Gasteiger charge is -2.28. The van der Waals surface area contributed by atoms with Gasteiger partial charge in [0.15, 0.2) is 0 Å². The van der Waals surface area contributed by atoms with Crippen LogP contribution in [-0.2, 0) is 10.8 Å². The van der Waals surface area contributed by atoms with Gasteiger partial charge in [0.25, 0.3) is 0 Å². The van der Waals surface area contributed by atoms with Crippen LogP contribution >= 0.6 is 24.0 Å². The first-order valence-corrected chi connectivity index (χ1v) is 9.98. The van der Waals surface area contributed by atoms with Crippen molar-refractivity contribution in [1.82, 2.24) is 4.90 Å². The number of hydrogen-bond donors (Lipinski definition) is 1. The SMILES string of the molecule is CCN(CC)C(=S)SC(O)c1cc(C(C)(C)C)cc(C(C)(C)C)c1. The van der Waals surface area contributed by atoms with Gasteiger partial charge in [0.2, 0.25) is 0 Å². The fraction of sp³-hybridized carbons (Fsp3) is 0.650. The normalized spacial score (nSPS) is 13.7. The van der Waals surface area contributed by atoms with E-state index in [-0.39, 0.29) is 10.8 Å². The lowest BCUT2D eigenvalue weighted by atomic mass is 9.79. The summed E-state index contributed by atoms with van der Waals surface area (Å²) in [5.74, 6) is 0. The number of thiocarbonyl (C=S) groups is 1. The third-order valence-electron chi connectivity index (χ3n) is 4.21. The Morgan fingerprint density at radius 2 is 1.42 bits per heavy atom. The van der Waals surface area contributed by atoms with Crippen molar-refractivity contribution in [3.8, 4) is 0 Å². The number of rotatable bonds is 4. The predicted octanol–water partition coefficient (Wildman–Crippen LogP) is 5.63. The molecule has 24 heavy (non-hydrogen) atoms. The van der Waals surface area contributed by atoms with Crippen LogP contribution in [0.1, 0.15) is 77.5 Å². The van der Waals surface area contributed by atoms with Crippen molar-refractivity contribution in [2.24, 2.45) is 0 Å².